The van der Waals surface area contributed by atoms with Crippen LogP contribution in [0.2, 0.25) is 0 Å². The third kappa shape index (κ3) is 4.64. The van der Waals surface area contributed by atoms with Crippen LogP contribution >= 0.6 is 11.8 Å². The number of hydrogen-bond donors (Lipinski definition) is 2. The number of aliphatic carboxylic acids is 1. The molecular formula is C11H13FN2O6S2. The standard InChI is InChI=1S/C11H13FN2O6S2/c1-21-5-4-9(11(15)16)13-22(19,20)7-2-3-8(12)10(6-7)14(17)18/h2-3,6,9,13H,4-5H2,1H3,(H,15,16)/t9-/m0/s1. The summed E-state index contributed by atoms with van der Waals surface area (Å²) in [6.45, 7) is 0. The number of rotatable bonds is 8. The molecule has 0 saturated heterocycles. The molecule has 0 aliphatic heterocycles. The molecule has 0 bridgehead atoms. The van der Waals surface area contributed by atoms with E-state index in [-0.39, 0.29) is 6.42 Å². The molecule has 0 radical (unpaired) electrons. The number of carboxylic acids is 1. The normalized spacial score (nSPS) is 12.8. The van der Waals surface area contributed by atoms with Crippen LogP contribution in [0.5, 0.6) is 0 Å². The number of nitrogens with one attached hydrogen (secondary N) is 1. The van der Waals surface area contributed by atoms with Gasteiger partial charge in [-0.15, -0.1) is 0 Å². The Hall–Kier alpha value is -1.72. The molecule has 0 aliphatic rings. The van der Waals surface area contributed by atoms with E-state index in [0.29, 0.717) is 17.9 Å². The monoisotopic (exact) mass is 352 g/mol. The first kappa shape index (κ1) is 18.3. The first-order chi connectivity index (χ1) is 10.2. The van der Waals surface area contributed by atoms with Crippen molar-refractivity contribution in [3.05, 3.63) is 34.1 Å². The van der Waals surface area contributed by atoms with Gasteiger partial charge in [0.1, 0.15) is 6.04 Å². The van der Waals surface area contributed by atoms with Gasteiger partial charge in [0, 0.05) is 6.07 Å². The second-order valence-electron chi connectivity index (χ2n) is 4.16. The molecular weight excluding hydrogens is 339 g/mol. The van der Waals surface area contributed by atoms with E-state index < -0.39 is 43.4 Å². The molecule has 22 heavy (non-hydrogen) atoms. The molecule has 11 heteroatoms. The molecule has 0 aromatic heterocycles. The minimum atomic E-state index is -4.32. The third-order valence-corrected chi connectivity index (χ3v) is 4.74. The number of carboxylic acid groups (broad SMARTS) is 1. The van der Waals surface area contributed by atoms with Crippen molar-refractivity contribution in [2.24, 2.45) is 0 Å². The minimum absolute atomic E-state index is 0.0407. The van der Waals surface area contributed by atoms with Crippen molar-refractivity contribution in [2.75, 3.05) is 12.0 Å². The van der Waals surface area contributed by atoms with Crippen molar-refractivity contribution in [2.45, 2.75) is 17.4 Å². The highest BCUT2D eigenvalue weighted by Crippen LogP contribution is 2.21. The smallest absolute Gasteiger partial charge is 0.321 e. The van der Waals surface area contributed by atoms with Crippen LogP contribution < -0.4 is 4.72 Å². The Kier molecular flexibility index (Phi) is 6.26. The van der Waals surface area contributed by atoms with Gasteiger partial charge in [-0.05, 0) is 30.6 Å². The van der Waals surface area contributed by atoms with Gasteiger partial charge in [0.15, 0.2) is 0 Å². The summed E-state index contributed by atoms with van der Waals surface area (Å²) >= 11 is 1.34. The molecule has 0 fully saturated rings. The molecule has 1 atom stereocenters. The number of thioether (sulfide) groups is 1. The van der Waals surface area contributed by atoms with Crippen molar-refractivity contribution < 1.29 is 27.6 Å². The summed E-state index contributed by atoms with van der Waals surface area (Å²) < 4.78 is 39.3. The van der Waals surface area contributed by atoms with E-state index in [1.54, 1.807) is 6.26 Å². The quantitative estimate of drug-likeness (QED) is 0.532. The van der Waals surface area contributed by atoms with Crippen LogP contribution in [0, 0.1) is 15.9 Å². The molecule has 0 amide bonds. The summed E-state index contributed by atoms with van der Waals surface area (Å²) in [6, 6.07) is 0.648. The number of nitrogens with zero attached hydrogens (tertiary/aromatic N) is 1. The van der Waals surface area contributed by atoms with Gasteiger partial charge < -0.3 is 5.11 Å². The lowest BCUT2D eigenvalue weighted by Crippen LogP contribution is -2.41. The van der Waals surface area contributed by atoms with E-state index in [1.165, 1.54) is 11.8 Å². The van der Waals surface area contributed by atoms with Gasteiger partial charge in [-0.3, -0.25) is 14.9 Å². The van der Waals surface area contributed by atoms with Crippen molar-refractivity contribution in [3.63, 3.8) is 0 Å². The molecule has 8 nitrogen and oxygen atoms in total. The lowest BCUT2D eigenvalue weighted by Gasteiger charge is -2.14. The van der Waals surface area contributed by atoms with Gasteiger partial charge in [0.05, 0.1) is 9.82 Å². The fourth-order valence-corrected chi connectivity index (χ4v) is 3.24. The highest BCUT2D eigenvalue weighted by atomic mass is 32.2. The van der Waals surface area contributed by atoms with Crippen LogP contribution in [0.15, 0.2) is 23.1 Å². The number of sulfonamides is 1. The van der Waals surface area contributed by atoms with Crippen molar-refractivity contribution >= 4 is 33.4 Å². The minimum Gasteiger partial charge on any atom is -0.480 e. The number of nitro groups is 1. The maximum atomic E-state index is 13.2. The van der Waals surface area contributed by atoms with Gasteiger partial charge in [0.2, 0.25) is 15.8 Å². The van der Waals surface area contributed by atoms with E-state index >= 15 is 0 Å². The van der Waals surface area contributed by atoms with E-state index in [9.17, 15) is 27.7 Å². The number of hydrogen-bond acceptors (Lipinski definition) is 6. The van der Waals surface area contributed by atoms with Crippen LogP contribution in [0.4, 0.5) is 10.1 Å². The predicted octanol–water partition coefficient (Wildman–Crippen LogP) is 1.22. The van der Waals surface area contributed by atoms with Gasteiger partial charge in [-0.2, -0.15) is 20.9 Å². The SMILES string of the molecule is CSCC[C@H](NS(=O)(=O)c1ccc(F)c([N+](=O)[O-])c1)C(=O)O. The Bertz CT molecular complexity index is 679. The molecule has 0 saturated carbocycles. The van der Waals surface area contributed by atoms with Crippen LogP contribution in [-0.2, 0) is 14.8 Å². The van der Waals surface area contributed by atoms with Crippen LogP contribution in [0.3, 0.4) is 0 Å². The fraction of sp³-hybridized carbons (Fsp3) is 0.364. The lowest BCUT2D eigenvalue weighted by molar-refractivity contribution is -0.387. The highest BCUT2D eigenvalue weighted by Gasteiger charge is 2.27. The van der Waals surface area contributed by atoms with Crippen LogP contribution in [-0.4, -0.2) is 42.5 Å². The number of carbonyl (C=O) groups is 1. The fourth-order valence-electron chi connectivity index (χ4n) is 1.52. The molecule has 1 rings (SSSR count). The molecule has 0 unspecified atom stereocenters. The van der Waals surface area contributed by atoms with E-state index in [4.69, 9.17) is 5.11 Å². The Labute approximate surface area is 129 Å². The molecule has 0 heterocycles. The summed E-state index contributed by atoms with van der Waals surface area (Å²) in [6.07, 6.45) is 1.77. The largest absolute Gasteiger partial charge is 0.480 e. The average Bonchev–Trinajstić information content (AvgIpc) is 2.43. The second-order valence-corrected chi connectivity index (χ2v) is 6.86. The van der Waals surface area contributed by atoms with E-state index in [0.717, 1.165) is 6.07 Å². The van der Waals surface area contributed by atoms with E-state index in [1.807, 2.05) is 4.72 Å². The molecule has 2 N–H and O–H groups in total. The summed E-state index contributed by atoms with van der Waals surface area (Å²) in [4.78, 5) is 20.0. The Morgan fingerprint density at radius 3 is 2.68 bits per heavy atom. The maximum absolute atomic E-state index is 13.2. The zero-order valence-electron chi connectivity index (χ0n) is 11.4. The molecule has 1 aromatic rings. The third-order valence-electron chi connectivity index (χ3n) is 2.63. The zero-order chi connectivity index (χ0) is 16.9. The summed E-state index contributed by atoms with van der Waals surface area (Å²) in [5.41, 5.74) is -1.00. The van der Waals surface area contributed by atoms with Crippen LogP contribution in [0.1, 0.15) is 6.42 Å². The van der Waals surface area contributed by atoms with Crippen LogP contribution in [0.25, 0.3) is 0 Å². The molecule has 0 spiro atoms. The number of benzene rings is 1. The Morgan fingerprint density at radius 2 is 2.18 bits per heavy atom. The van der Waals surface area contributed by atoms with Gasteiger partial charge in [-0.25, -0.2) is 8.42 Å². The molecule has 122 valence electrons. The first-order valence-corrected chi connectivity index (χ1v) is 8.74. The number of halogens is 1. The Balaban J connectivity index is 3.10. The topological polar surface area (TPSA) is 127 Å². The van der Waals surface area contributed by atoms with Crippen molar-refractivity contribution in [1.82, 2.24) is 4.72 Å². The first-order valence-electron chi connectivity index (χ1n) is 5.87. The molecule has 1 aromatic carbocycles. The molecule has 0 aliphatic carbocycles. The number of nitro benzene ring substituents is 1. The summed E-state index contributed by atoms with van der Waals surface area (Å²) in [5, 5.41) is 19.6. The lowest BCUT2D eigenvalue weighted by atomic mass is 10.2. The second kappa shape index (κ2) is 7.51. The predicted molar refractivity (Wildman–Crippen MR) is 77.8 cm³/mol. The van der Waals surface area contributed by atoms with E-state index in [2.05, 4.69) is 0 Å². The maximum Gasteiger partial charge on any atom is 0.321 e. The summed E-state index contributed by atoms with van der Waals surface area (Å²) in [5.74, 6) is -2.14. The highest BCUT2D eigenvalue weighted by molar-refractivity contribution is 7.98. The van der Waals surface area contributed by atoms with Crippen molar-refractivity contribution in [3.8, 4) is 0 Å². The summed E-state index contributed by atoms with van der Waals surface area (Å²) in [7, 11) is -4.32. The average molecular weight is 352 g/mol. The van der Waals surface area contributed by atoms with Crippen molar-refractivity contribution in [1.29, 1.82) is 0 Å². The van der Waals surface area contributed by atoms with Gasteiger partial charge in [0.25, 0.3) is 0 Å². The Morgan fingerprint density at radius 1 is 1.55 bits per heavy atom. The van der Waals surface area contributed by atoms with Gasteiger partial charge in [-0.1, -0.05) is 0 Å². The zero-order valence-corrected chi connectivity index (χ0v) is 13.0. The van der Waals surface area contributed by atoms with Gasteiger partial charge >= 0.3 is 11.7 Å².